The summed E-state index contributed by atoms with van der Waals surface area (Å²) in [6.45, 7) is -0.533. The largest absolute Gasteiger partial charge is 0.389 e. The molecule has 0 saturated heterocycles. The number of benzene rings is 1. The van der Waals surface area contributed by atoms with Gasteiger partial charge in [0.2, 0.25) is 0 Å². The molecular formula is C9H9FO. The van der Waals surface area contributed by atoms with Crippen molar-refractivity contribution in [2.45, 2.75) is 0 Å². The van der Waals surface area contributed by atoms with Gasteiger partial charge in [-0.1, -0.05) is 30.3 Å². The van der Waals surface area contributed by atoms with Crippen LogP contribution in [-0.2, 0) is 0 Å². The zero-order valence-corrected chi connectivity index (χ0v) is 6.00. The van der Waals surface area contributed by atoms with Crippen molar-refractivity contribution in [3.63, 3.8) is 0 Å². The van der Waals surface area contributed by atoms with Crippen molar-refractivity contribution < 1.29 is 9.50 Å². The standard InChI is InChI=1S/C9H9FO/c10-9(7-11)6-8-4-2-1-3-5-8/h1-6,11H,7H2/b9-6-. The molecule has 1 aromatic carbocycles. The molecule has 11 heavy (non-hydrogen) atoms. The Hall–Kier alpha value is -1.15. The SMILES string of the molecule is OC/C(F)=C/c1ccccc1. The van der Waals surface area contributed by atoms with Gasteiger partial charge in [-0.25, -0.2) is 4.39 Å². The molecule has 1 nitrogen and oxygen atoms in total. The van der Waals surface area contributed by atoms with Crippen LogP contribution in [0.3, 0.4) is 0 Å². The zero-order valence-electron chi connectivity index (χ0n) is 6.00. The topological polar surface area (TPSA) is 20.2 Å². The third-order valence-corrected chi connectivity index (χ3v) is 1.27. The summed E-state index contributed by atoms with van der Waals surface area (Å²) in [5.74, 6) is -0.517. The first kappa shape index (κ1) is 7.95. The minimum Gasteiger partial charge on any atom is -0.389 e. The molecule has 58 valence electrons. The van der Waals surface area contributed by atoms with Crippen LogP contribution in [-0.4, -0.2) is 11.7 Å². The van der Waals surface area contributed by atoms with Gasteiger partial charge in [-0.2, -0.15) is 0 Å². The van der Waals surface area contributed by atoms with Gasteiger partial charge in [0.25, 0.3) is 0 Å². The van der Waals surface area contributed by atoms with Gasteiger partial charge < -0.3 is 5.11 Å². The Morgan fingerprint density at radius 1 is 1.36 bits per heavy atom. The quantitative estimate of drug-likeness (QED) is 0.687. The van der Waals surface area contributed by atoms with Crippen LogP contribution in [0.5, 0.6) is 0 Å². The van der Waals surface area contributed by atoms with E-state index >= 15 is 0 Å². The molecule has 0 radical (unpaired) electrons. The van der Waals surface area contributed by atoms with E-state index in [1.807, 2.05) is 18.2 Å². The van der Waals surface area contributed by atoms with Crippen molar-refractivity contribution in [3.05, 3.63) is 41.7 Å². The van der Waals surface area contributed by atoms with E-state index in [4.69, 9.17) is 5.11 Å². The monoisotopic (exact) mass is 152 g/mol. The Labute approximate surface area is 64.8 Å². The van der Waals surface area contributed by atoms with E-state index < -0.39 is 12.4 Å². The number of aliphatic hydroxyl groups excluding tert-OH is 1. The van der Waals surface area contributed by atoms with Gasteiger partial charge in [0.15, 0.2) is 0 Å². The lowest BCUT2D eigenvalue weighted by atomic mass is 10.2. The second-order valence-corrected chi connectivity index (χ2v) is 2.16. The summed E-state index contributed by atoms with van der Waals surface area (Å²) >= 11 is 0. The summed E-state index contributed by atoms with van der Waals surface area (Å²) < 4.78 is 12.4. The van der Waals surface area contributed by atoms with Crippen molar-refractivity contribution in [3.8, 4) is 0 Å². The van der Waals surface area contributed by atoms with Crippen LogP contribution in [0.1, 0.15) is 5.56 Å². The summed E-state index contributed by atoms with van der Waals surface area (Å²) in [5.41, 5.74) is 0.763. The average Bonchev–Trinajstić information content (AvgIpc) is 2.06. The Kier molecular flexibility index (Phi) is 2.81. The minimum atomic E-state index is -0.533. The second-order valence-electron chi connectivity index (χ2n) is 2.16. The number of hydrogen-bond acceptors (Lipinski definition) is 1. The highest BCUT2D eigenvalue weighted by Crippen LogP contribution is 2.05. The number of aliphatic hydroxyl groups is 1. The normalized spacial score (nSPS) is 11.6. The number of rotatable bonds is 2. The van der Waals surface area contributed by atoms with Gasteiger partial charge in [0.1, 0.15) is 5.83 Å². The van der Waals surface area contributed by atoms with E-state index in [2.05, 4.69) is 0 Å². The van der Waals surface area contributed by atoms with E-state index in [-0.39, 0.29) is 0 Å². The first-order valence-electron chi connectivity index (χ1n) is 3.35. The summed E-state index contributed by atoms with van der Waals surface area (Å²) in [6, 6.07) is 9.03. The Morgan fingerprint density at radius 2 is 2.00 bits per heavy atom. The predicted octanol–water partition coefficient (Wildman–Crippen LogP) is 1.99. The predicted molar refractivity (Wildman–Crippen MR) is 42.6 cm³/mol. The third kappa shape index (κ3) is 2.51. The molecule has 0 unspecified atom stereocenters. The van der Waals surface area contributed by atoms with Crippen molar-refractivity contribution in [2.24, 2.45) is 0 Å². The van der Waals surface area contributed by atoms with Crippen LogP contribution in [0.15, 0.2) is 36.2 Å². The molecule has 0 heterocycles. The first-order valence-corrected chi connectivity index (χ1v) is 3.35. The van der Waals surface area contributed by atoms with Gasteiger partial charge in [-0.3, -0.25) is 0 Å². The summed E-state index contributed by atoms with van der Waals surface area (Å²) in [4.78, 5) is 0. The average molecular weight is 152 g/mol. The minimum absolute atomic E-state index is 0.517. The Bertz CT molecular complexity index is 241. The molecule has 0 aliphatic rings. The first-order chi connectivity index (χ1) is 5.33. The highest BCUT2D eigenvalue weighted by Gasteiger charge is 1.90. The maximum Gasteiger partial charge on any atom is 0.126 e. The molecule has 0 fully saturated rings. The highest BCUT2D eigenvalue weighted by molar-refractivity contribution is 5.50. The van der Waals surface area contributed by atoms with E-state index in [0.29, 0.717) is 0 Å². The smallest absolute Gasteiger partial charge is 0.126 e. The molecule has 0 bridgehead atoms. The molecule has 0 saturated carbocycles. The van der Waals surface area contributed by atoms with Crippen molar-refractivity contribution in [1.29, 1.82) is 0 Å². The molecule has 0 spiro atoms. The van der Waals surface area contributed by atoms with Gasteiger partial charge in [-0.05, 0) is 11.6 Å². The van der Waals surface area contributed by atoms with E-state index in [1.54, 1.807) is 12.1 Å². The summed E-state index contributed by atoms with van der Waals surface area (Å²) in [6.07, 6.45) is 1.31. The maximum atomic E-state index is 12.4. The lowest BCUT2D eigenvalue weighted by Crippen LogP contribution is -1.81. The van der Waals surface area contributed by atoms with E-state index in [0.717, 1.165) is 5.56 Å². The fourth-order valence-electron chi connectivity index (χ4n) is 0.776. The second kappa shape index (κ2) is 3.88. The Balaban J connectivity index is 2.79. The Morgan fingerprint density at radius 3 is 2.55 bits per heavy atom. The maximum absolute atomic E-state index is 12.4. The molecule has 0 atom stereocenters. The van der Waals surface area contributed by atoms with Gasteiger partial charge >= 0.3 is 0 Å². The van der Waals surface area contributed by atoms with E-state index in [9.17, 15) is 4.39 Å². The van der Waals surface area contributed by atoms with E-state index in [1.165, 1.54) is 6.08 Å². The van der Waals surface area contributed by atoms with Crippen LogP contribution >= 0.6 is 0 Å². The third-order valence-electron chi connectivity index (χ3n) is 1.27. The van der Waals surface area contributed by atoms with Crippen LogP contribution in [0, 0.1) is 0 Å². The lowest BCUT2D eigenvalue weighted by Gasteiger charge is -1.91. The molecule has 0 aromatic heterocycles. The molecule has 1 N–H and O–H groups in total. The molecule has 1 rings (SSSR count). The van der Waals surface area contributed by atoms with Crippen molar-refractivity contribution in [1.82, 2.24) is 0 Å². The summed E-state index contributed by atoms with van der Waals surface area (Å²) in [5, 5.41) is 8.35. The molecular weight excluding hydrogens is 143 g/mol. The van der Waals surface area contributed by atoms with Crippen LogP contribution in [0.4, 0.5) is 4.39 Å². The van der Waals surface area contributed by atoms with Gasteiger partial charge in [0.05, 0.1) is 6.61 Å². The zero-order chi connectivity index (χ0) is 8.10. The molecule has 0 aliphatic carbocycles. The fraction of sp³-hybridized carbons (Fsp3) is 0.111. The molecule has 1 aromatic rings. The summed E-state index contributed by atoms with van der Waals surface area (Å²) in [7, 11) is 0. The van der Waals surface area contributed by atoms with Crippen LogP contribution in [0.2, 0.25) is 0 Å². The molecule has 0 aliphatic heterocycles. The van der Waals surface area contributed by atoms with Crippen LogP contribution in [0.25, 0.3) is 6.08 Å². The number of halogens is 1. The molecule has 0 amide bonds. The fourth-order valence-corrected chi connectivity index (χ4v) is 0.776. The lowest BCUT2D eigenvalue weighted by molar-refractivity contribution is 0.300. The van der Waals surface area contributed by atoms with Gasteiger partial charge in [-0.15, -0.1) is 0 Å². The van der Waals surface area contributed by atoms with Crippen LogP contribution < -0.4 is 0 Å². The highest BCUT2D eigenvalue weighted by atomic mass is 19.1. The van der Waals surface area contributed by atoms with Crippen molar-refractivity contribution in [2.75, 3.05) is 6.61 Å². The molecule has 2 heteroatoms. The number of hydrogen-bond donors (Lipinski definition) is 1. The van der Waals surface area contributed by atoms with Crippen molar-refractivity contribution >= 4 is 6.08 Å². The van der Waals surface area contributed by atoms with Gasteiger partial charge in [0, 0.05) is 0 Å².